The molecule has 130 valence electrons. The molecule has 0 atom stereocenters. The van der Waals surface area contributed by atoms with E-state index in [2.05, 4.69) is 12.1 Å². The number of esters is 1. The van der Waals surface area contributed by atoms with Crippen LogP contribution in [-0.4, -0.2) is 42.4 Å². The number of hydrogen-bond donors (Lipinski definition) is 1. The monoisotopic (exact) mass is 332 g/mol. The lowest BCUT2D eigenvalue weighted by molar-refractivity contribution is -0.149. The van der Waals surface area contributed by atoms with Gasteiger partial charge in [-0.1, -0.05) is 18.2 Å². The van der Waals surface area contributed by atoms with Crippen molar-refractivity contribution in [3.8, 4) is 0 Å². The number of rotatable bonds is 7. The molecule has 6 heteroatoms. The van der Waals surface area contributed by atoms with Crippen molar-refractivity contribution in [1.29, 1.82) is 0 Å². The summed E-state index contributed by atoms with van der Waals surface area (Å²) in [6.07, 6.45) is 4.63. The molecule has 2 amide bonds. The number of nitrogens with two attached hydrogens (primary N) is 1. The molecule has 0 aromatic heterocycles. The second kappa shape index (κ2) is 8.47. The number of fused-ring (bicyclic) bond motifs is 1. The van der Waals surface area contributed by atoms with Gasteiger partial charge in [0.25, 0.3) is 0 Å². The largest absolute Gasteiger partial charge is 0.465 e. The van der Waals surface area contributed by atoms with E-state index in [9.17, 15) is 14.4 Å². The molecule has 1 aliphatic rings. The summed E-state index contributed by atoms with van der Waals surface area (Å²) in [5, 5.41) is 0. The average molecular weight is 332 g/mol. The Morgan fingerprint density at radius 2 is 1.83 bits per heavy atom. The SMILES string of the molecule is CCOC(=O)CN(CC(N)=O)C(=O)Cc1ccc2c(c1)CCCC2. The molecule has 24 heavy (non-hydrogen) atoms. The molecule has 0 saturated carbocycles. The van der Waals surface area contributed by atoms with Crippen molar-refractivity contribution < 1.29 is 19.1 Å². The highest BCUT2D eigenvalue weighted by Crippen LogP contribution is 2.22. The molecule has 1 aromatic carbocycles. The lowest BCUT2D eigenvalue weighted by atomic mass is 9.90. The van der Waals surface area contributed by atoms with Crippen molar-refractivity contribution in [2.24, 2.45) is 5.73 Å². The molecule has 0 aliphatic heterocycles. The summed E-state index contributed by atoms with van der Waals surface area (Å²) in [7, 11) is 0. The van der Waals surface area contributed by atoms with E-state index in [1.807, 2.05) is 6.07 Å². The second-order valence-corrected chi connectivity index (χ2v) is 6.01. The Hall–Kier alpha value is -2.37. The number of nitrogens with zero attached hydrogens (tertiary/aromatic N) is 1. The van der Waals surface area contributed by atoms with Crippen molar-refractivity contribution in [3.63, 3.8) is 0 Å². The second-order valence-electron chi connectivity index (χ2n) is 6.01. The van der Waals surface area contributed by atoms with Crippen LogP contribution in [0, 0.1) is 0 Å². The topological polar surface area (TPSA) is 89.7 Å². The van der Waals surface area contributed by atoms with Crippen LogP contribution in [0.1, 0.15) is 36.5 Å². The minimum atomic E-state index is -0.655. The van der Waals surface area contributed by atoms with E-state index in [4.69, 9.17) is 10.5 Å². The fraction of sp³-hybridized carbons (Fsp3) is 0.500. The van der Waals surface area contributed by atoms with E-state index in [1.54, 1.807) is 6.92 Å². The van der Waals surface area contributed by atoms with Crippen LogP contribution in [0.2, 0.25) is 0 Å². The first-order valence-corrected chi connectivity index (χ1v) is 8.32. The molecule has 0 saturated heterocycles. The summed E-state index contributed by atoms with van der Waals surface area (Å²) in [6.45, 7) is 1.36. The molecule has 1 aromatic rings. The quantitative estimate of drug-likeness (QED) is 0.754. The summed E-state index contributed by atoms with van der Waals surface area (Å²) in [5.74, 6) is -1.51. The lowest BCUT2D eigenvalue weighted by Gasteiger charge is -2.21. The number of hydrogen-bond acceptors (Lipinski definition) is 4. The van der Waals surface area contributed by atoms with Gasteiger partial charge in [0.15, 0.2) is 0 Å². The van der Waals surface area contributed by atoms with E-state index in [0.29, 0.717) is 0 Å². The van der Waals surface area contributed by atoms with E-state index < -0.39 is 11.9 Å². The van der Waals surface area contributed by atoms with Crippen LogP contribution in [0.25, 0.3) is 0 Å². The predicted molar refractivity (Wildman–Crippen MR) is 89.2 cm³/mol. The zero-order chi connectivity index (χ0) is 17.5. The van der Waals surface area contributed by atoms with E-state index in [1.165, 1.54) is 24.0 Å². The molecular formula is C18H24N2O4. The molecule has 1 aliphatic carbocycles. The maximum Gasteiger partial charge on any atom is 0.325 e. The van der Waals surface area contributed by atoms with Crippen molar-refractivity contribution in [3.05, 3.63) is 34.9 Å². The van der Waals surface area contributed by atoms with Gasteiger partial charge in [-0.2, -0.15) is 0 Å². The first-order chi connectivity index (χ1) is 11.5. The number of benzene rings is 1. The van der Waals surface area contributed by atoms with Crippen molar-refractivity contribution in [2.75, 3.05) is 19.7 Å². The van der Waals surface area contributed by atoms with Gasteiger partial charge in [-0.15, -0.1) is 0 Å². The van der Waals surface area contributed by atoms with Crippen LogP contribution in [-0.2, 0) is 38.4 Å². The fourth-order valence-electron chi connectivity index (χ4n) is 2.97. The molecule has 0 heterocycles. The summed E-state index contributed by atoms with van der Waals surface area (Å²) in [6, 6.07) is 6.06. The number of ether oxygens (including phenoxy) is 1. The van der Waals surface area contributed by atoms with Gasteiger partial charge in [-0.25, -0.2) is 0 Å². The van der Waals surface area contributed by atoms with E-state index >= 15 is 0 Å². The van der Waals surface area contributed by atoms with Crippen LogP contribution in [0.5, 0.6) is 0 Å². The Morgan fingerprint density at radius 1 is 1.12 bits per heavy atom. The predicted octanol–water partition coefficient (Wildman–Crippen LogP) is 0.985. The first-order valence-electron chi connectivity index (χ1n) is 8.32. The third kappa shape index (κ3) is 5.08. The van der Waals surface area contributed by atoms with Crippen LogP contribution < -0.4 is 5.73 Å². The smallest absolute Gasteiger partial charge is 0.325 e. The molecule has 0 bridgehead atoms. The number of aryl methyl sites for hydroxylation is 2. The van der Waals surface area contributed by atoms with E-state index in [0.717, 1.165) is 23.3 Å². The van der Waals surface area contributed by atoms with Gasteiger partial charge < -0.3 is 15.4 Å². The highest BCUT2D eigenvalue weighted by Gasteiger charge is 2.20. The molecule has 0 fully saturated rings. The molecule has 2 rings (SSSR count). The highest BCUT2D eigenvalue weighted by molar-refractivity contribution is 5.88. The third-order valence-electron chi connectivity index (χ3n) is 4.09. The van der Waals surface area contributed by atoms with Gasteiger partial charge >= 0.3 is 5.97 Å². The molecule has 0 spiro atoms. The summed E-state index contributed by atoms with van der Waals surface area (Å²) in [4.78, 5) is 36.4. The lowest BCUT2D eigenvalue weighted by Crippen LogP contribution is -2.42. The van der Waals surface area contributed by atoms with Gasteiger partial charge in [0, 0.05) is 0 Å². The number of carbonyl (C=O) groups is 3. The first kappa shape index (κ1) is 18.0. The zero-order valence-electron chi connectivity index (χ0n) is 14.0. The summed E-state index contributed by atoms with van der Waals surface area (Å²) < 4.78 is 4.84. The van der Waals surface area contributed by atoms with Crippen molar-refractivity contribution in [2.45, 2.75) is 39.0 Å². The van der Waals surface area contributed by atoms with Gasteiger partial charge in [0.1, 0.15) is 6.54 Å². The molecular weight excluding hydrogens is 308 g/mol. The molecule has 0 unspecified atom stereocenters. The van der Waals surface area contributed by atoms with Crippen LogP contribution in [0.15, 0.2) is 18.2 Å². The fourth-order valence-corrected chi connectivity index (χ4v) is 2.97. The van der Waals surface area contributed by atoms with Gasteiger partial charge in [-0.3, -0.25) is 14.4 Å². The zero-order valence-corrected chi connectivity index (χ0v) is 14.0. The van der Waals surface area contributed by atoms with Crippen LogP contribution >= 0.6 is 0 Å². The summed E-state index contributed by atoms with van der Waals surface area (Å²) in [5.41, 5.74) is 8.70. The number of primary amides is 1. The summed E-state index contributed by atoms with van der Waals surface area (Å²) >= 11 is 0. The maximum atomic E-state index is 12.5. The maximum absolute atomic E-state index is 12.5. The standard InChI is InChI=1S/C18H24N2O4/c1-2-24-18(23)12-20(11-16(19)21)17(22)10-13-7-8-14-5-3-4-6-15(14)9-13/h7-9H,2-6,10-12H2,1H3,(H2,19,21). The Kier molecular flexibility index (Phi) is 6.35. The van der Waals surface area contributed by atoms with Crippen molar-refractivity contribution in [1.82, 2.24) is 4.90 Å². The molecule has 0 radical (unpaired) electrons. The van der Waals surface area contributed by atoms with Crippen molar-refractivity contribution >= 4 is 17.8 Å². The average Bonchev–Trinajstić information content (AvgIpc) is 2.54. The van der Waals surface area contributed by atoms with Gasteiger partial charge in [0.2, 0.25) is 11.8 Å². The van der Waals surface area contributed by atoms with Gasteiger partial charge in [0.05, 0.1) is 19.6 Å². The molecule has 6 nitrogen and oxygen atoms in total. The number of amides is 2. The third-order valence-corrected chi connectivity index (χ3v) is 4.09. The van der Waals surface area contributed by atoms with Crippen LogP contribution in [0.4, 0.5) is 0 Å². The van der Waals surface area contributed by atoms with Gasteiger partial charge in [-0.05, 0) is 49.3 Å². The minimum absolute atomic E-state index is 0.139. The number of carbonyl (C=O) groups excluding carboxylic acids is 3. The Bertz CT molecular complexity index is 627. The Labute approximate surface area is 142 Å². The van der Waals surface area contributed by atoms with E-state index in [-0.39, 0.29) is 32.0 Å². The Balaban J connectivity index is 2.05. The van der Waals surface area contributed by atoms with Crippen LogP contribution in [0.3, 0.4) is 0 Å². The highest BCUT2D eigenvalue weighted by atomic mass is 16.5. The minimum Gasteiger partial charge on any atom is -0.465 e. The normalized spacial score (nSPS) is 13.0. The molecule has 2 N–H and O–H groups in total. The Morgan fingerprint density at radius 3 is 2.50 bits per heavy atom.